The lowest BCUT2D eigenvalue weighted by Gasteiger charge is -2.18. The molecule has 0 heterocycles. The molecule has 0 bridgehead atoms. The molecule has 1 aromatic rings. The van der Waals surface area contributed by atoms with Gasteiger partial charge in [0.25, 0.3) is 0 Å². The average molecular weight is 172 g/mol. The van der Waals surface area contributed by atoms with Crippen LogP contribution >= 0.6 is 0 Å². The van der Waals surface area contributed by atoms with Gasteiger partial charge in [-0.3, -0.25) is 4.79 Å². The number of hydrogen-bond acceptors (Lipinski definition) is 1. The Kier molecular flexibility index (Phi) is 1.62. The highest BCUT2D eigenvalue weighted by molar-refractivity contribution is 5.98. The van der Waals surface area contributed by atoms with Gasteiger partial charge in [0, 0.05) is 6.42 Å². The largest absolute Gasteiger partial charge is 0.298 e. The lowest BCUT2D eigenvalue weighted by molar-refractivity contribution is -0.120. The molecule has 1 aromatic carbocycles. The standard InChI is InChI=1S/C12H12O/c1-3-12(2)10-7-5-4-6-9(10)8-11(12)13/h3-7H,1,8H2,2H3. The van der Waals surface area contributed by atoms with Gasteiger partial charge in [-0.25, -0.2) is 0 Å². The van der Waals surface area contributed by atoms with Crippen molar-refractivity contribution < 1.29 is 4.79 Å². The fourth-order valence-corrected chi connectivity index (χ4v) is 1.91. The summed E-state index contributed by atoms with van der Waals surface area (Å²) >= 11 is 0. The van der Waals surface area contributed by atoms with Crippen molar-refractivity contribution in [3.63, 3.8) is 0 Å². The molecule has 13 heavy (non-hydrogen) atoms. The summed E-state index contributed by atoms with van der Waals surface area (Å²) in [7, 11) is 0. The Labute approximate surface area is 78.1 Å². The predicted molar refractivity (Wildman–Crippen MR) is 52.7 cm³/mol. The van der Waals surface area contributed by atoms with Crippen molar-refractivity contribution in [1.82, 2.24) is 0 Å². The second-order valence-electron chi connectivity index (χ2n) is 3.66. The number of carbonyl (C=O) groups is 1. The van der Waals surface area contributed by atoms with Gasteiger partial charge in [0.2, 0.25) is 0 Å². The van der Waals surface area contributed by atoms with Crippen LogP contribution in [0.15, 0.2) is 36.9 Å². The smallest absolute Gasteiger partial charge is 0.151 e. The summed E-state index contributed by atoms with van der Waals surface area (Å²) in [5.41, 5.74) is 1.82. The third kappa shape index (κ3) is 0.966. The van der Waals surface area contributed by atoms with E-state index in [1.165, 1.54) is 0 Å². The van der Waals surface area contributed by atoms with E-state index in [0.717, 1.165) is 11.1 Å². The van der Waals surface area contributed by atoms with E-state index in [-0.39, 0.29) is 5.78 Å². The molecule has 1 nitrogen and oxygen atoms in total. The van der Waals surface area contributed by atoms with Gasteiger partial charge < -0.3 is 0 Å². The summed E-state index contributed by atoms with van der Waals surface area (Å²) in [4.78, 5) is 11.7. The van der Waals surface area contributed by atoms with Gasteiger partial charge in [0.05, 0.1) is 5.41 Å². The molecule has 1 aliphatic carbocycles. The number of ketones is 1. The van der Waals surface area contributed by atoms with E-state index in [2.05, 4.69) is 6.58 Å². The molecular weight excluding hydrogens is 160 g/mol. The zero-order valence-electron chi connectivity index (χ0n) is 7.71. The van der Waals surface area contributed by atoms with Crippen molar-refractivity contribution >= 4 is 5.78 Å². The average Bonchev–Trinajstić information content (AvgIpc) is 2.41. The minimum absolute atomic E-state index is 0.253. The maximum Gasteiger partial charge on any atom is 0.151 e. The Hall–Kier alpha value is -1.37. The van der Waals surface area contributed by atoms with E-state index in [0.29, 0.717) is 6.42 Å². The fraction of sp³-hybridized carbons (Fsp3) is 0.250. The first kappa shape index (κ1) is 8.24. The molecule has 1 unspecified atom stereocenters. The van der Waals surface area contributed by atoms with Crippen molar-refractivity contribution in [2.24, 2.45) is 0 Å². The summed E-state index contributed by atoms with van der Waals surface area (Å²) in [6.07, 6.45) is 2.31. The zero-order valence-corrected chi connectivity index (χ0v) is 7.71. The molecule has 1 atom stereocenters. The molecule has 0 spiro atoms. The van der Waals surface area contributed by atoms with Crippen molar-refractivity contribution in [3.8, 4) is 0 Å². The van der Waals surface area contributed by atoms with Crippen LogP contribution in [0.2, 0.25) is 0 Å². The predicted octanol–water partition coefficient (Wildman–Crippen LogP) is 2.26. The van der Waals surface area contributed by atoms with E-state index in [9.17, 15) is 4.79 Å². The van der Waals surface area contributed by atoms with Gasteiger partial charge in [-0.15, -0.1) is 6.58 Å². The van der Waals surface area contributed by atoms with Crippen molar-refractivity contribution in [3.05, 3.63) is 48.0 Å². The van der Waals surface area contributed by atoms with Gasteiger partial charge in [-0.1, -0.05) is 30.3 Å². The van der Waals surface area contributed by atoms with Gasteiger partial charge in [0.15, 0.2) is 5.78 Å². The third-order valence-electron chi connectivity index (χ3n) is 2.92. The molecule has 0 fully saturated rings. The molecule has 0 saturated carbocycles. The van der Waals surface area contributed by atoms with Crippen LogP contribution in [-0.2, 0) is 16.6 Å². The van der Waals surface area contributed by atoms with Crippen LogP contribution in [0.1, 0.15) is 18.1 Å². The van der Waals surface area contributed by atoms with Crippen LogP contribution < -0.4 is 0 Å². The molecule has 0 aliphatic heterocycles. The lowest BCUT2D eigenvalue weighted by Crippen LogP contribution is -2.24. The Balaban J connectivity index is 2.65. The maximum absolute atomic E-state index is 11.7. The summed E-state index contributed by atoms with van der Waals surface area (Å²) in [5.74, 6) is 0.253. The minimum Gasteiger partial charge on any atom is -0.298 e. The Morgan fingerprint density at radius 2 is 2.15 bits per heavy atom. The van der Waals surface area contributed by atoms with Gasteiger partial charge in [0.1, 0.15) is 0 Å². The molecule has 0 N–H and O–H groups in total. The number of rotatable bonds is 1. The number of fused-ring (bicyclic) bond motifs is 1. The fourth-order valence-electron chi connectivity index (χ4n) is 1.91. The van der Waals surface area contributed by atoms with Crippen molar-refractivity contribution in [1.29, 1.82) is 0 Å². The first-order valence-electron chi connectivity index (χ1n) is 4.44. The molecule has 0 saturated heterocycles. The number of hydrogen-bond donors (Lipinski definition) is 0. The van der Waals surface area contributed by atoms with Crippen LogP contribution in [0.25, 0.3) is 0 Å². The molecule has 2 rings (SSSR count). The number of Topliss-reactive ketones (excluding diaryl/α,β-unsaturated/α-hetero) is 1. The van der Waals surface area contributed by atoms with E-state index >= 15 is 0 Å². The Morgan fingerprint density at radius 3 is 2.85 bits per heavy atom. The van der Waals surface area contributed by atoms with Crippen LogP contribution in [0.4, 0.5) is 0 Å². The second kappa shape index (κ2) is 2.56. The first-order chi connectivity index (χ1) is 6.18. The molecule has 0 radical (unpaired) electrons. The topological polar surface area (TPSA) is 17.1 Å². The monoisotopic (exact) mass is 172 g/mol. The summed E-state index contributed by atoms with van der Waals surface area (Å²) < 4.78 is 0. The van der Waals surface area contributed by atoms with E-state index in [1.54, 1.807) is 6.08 Å². The van der Waals surface area contributed by atoms with Gasteiger partial charge in [-0.05, 0) is 18.1 Å². The SMILES string of the molecule is C=CC1(C)C(=O)Cc2ccccc21. The second-order valence-corrected chi connectivity index (χ2v) is 3.66. The minimum atomic E-state index is -0.448. The highest BCUT2D eigenvalue weighted by atomic mass is 16.1. The zero-order chi connectivity index (χ0) is 9.47. The summed E-state index contributed by atoms with van der Waals surface area (Å²) in [5, 5.41) is 0. The summed E-state index contributed by atoms with van der Waals surface area (Å²) in [6.45, 7) is 5.68. The van der Waals surface area contributed by atoms with Crippen molar-refractivity contribution in [2.75, 3.05) is 0 Å². The normalized spacial score (nSPS) is 25.8. The summed E-state index contributed by atoms with van der Waals surface area (Å²) in [6, 6.07) is 7.98. The lowest BCUT2D eigenvalue weighted by atomic mass is 9.83. The van der Waals surface area contributed by atoms with Crippen LogP contribution in [0.5, 0.6) is 0 Å². The highest BCUT2D eigenvalue weighted by Crippen LogP contribution is 2.36. The highest BCUT2D eigenvalue weighted by Gasteiger charge is 2.38. The van der Waals surface area contributed by atoms with Crippen molar-refractivity contribution in [2.45, 2.75) is 18.8 Å². The molecule has 66 valence electrons. The molecule has 0 aromatic heterocycles. The molecule has 1 heteroatoms. The van der Waals surface area contributed by atoms with E-state index in [1.807, 2.05) is 31.2 Å². The third-order valence-corrected chi connectivity index (χ3v) is 2.92. The van der Waals surface area contributed by atoms with Crippen LogP contribution in [0, 0.1) is 0 Å². The van der Waals surface area contributed by atoms with Crippen LogP contribution in [-0.4, -0.2) is 5.78 Å². The molecular formula is C12H12O. The number of allylic oxidation sites excluding steroid dienone is 1. The van der Waals surface area contributed by atoms with E-state index in [4.69, 9.17) is 0 Å². The van der Waals surface area contributed by atoms with Gasteiger partial charge in [-0.2, -0.15) is 0 Å². The maximum atomic E-state index is 11.7. The Bertz CT molecular complexity index is 378. The van der Waals surface area contributed by atoms with Gasteiger partial charge >= 0.3 is 0 Å². The first-order valence-corrected chi connectivity index (χ1v) is 4.44. The molecule has 0 amide bonds. The Morgan fingerprint density at radius 1 is 1.46 bits per heavy atom. The quantitative estimate of drug-likeness (QED) is 0.594. The number of benzene rings is 1. The van der Waals surface area contributed by atoms with E-state index < -0.39 is 5.41 Å². The van der Waals surface area contributed by atoms with Crippen LogP contribution in [0.3, 0.4) is 0 Å². The number of carbonyl (C=O) groups excluding carboxylic acids is 1. The molecule has 1 aliphatic rings.